The van der Waals surface area contributed by atoms with Crippen LogP contribution in [0.5, 0.6) is 5.75 Å². The highest BCUT2D eigenvalue weighted by Gasteiger charge is 2.29. The summed E-state index contributed by atoms with van der Waals surface area (Å²) >= 11 is 3.30. The van der Waals surface area contributed by atoms with E-state index in [-0.39, 0.29) is 4.90 Å². The summed E-state index contributed by atoms with van der Waals surface area (Å²) in [6.07, 6.45) is 0.621. The fraction of sp³-hybridized carbons (Fsp3) is 0.278. The quantitative estimate of drug-likeness (QED) is 0.615. The Balaban J connectivity index is 2.60. The van der Waals surface area contributed by atoms with Crippen LogP contribution in [0.15, 0.2) is 51.8 Å². The Labute approximate surface area is 161 Å². The van der Waals surface area contributed by atoms with E-state index in [2.05, 4.69) is 15.9 Å². The highest BCUT2D eigenvalue weighted by molar-refractivity contribution is 9.10. The van der Waals surface area contributed by atoms with Crippen molar-refractivity contribution >= 4 is 37.6 Å². The smallest absolute Gasteiger partial charge is 0.326 e. The van der Waals surface area contributed by atoms with Crippen molar-refractivity contribution in [2.45, 2.75) is 18.2 Å². The molecule has 0 radical (unpaired) electrons. The second-order valence-electron chi connectivity index (χ2n) is 5.37. The number of nitrogens with zero attached hydrogens (tertiary/aromatic N) is 1. The van der Waals surface area contributed by atoms with Crippen LogP contribution in [0, 0.1) is 0 Å². The number of methoxy groups -OCH3 is 2. The average molecular weight is 442 g/mol. The second-order valence-corrected chi connectivity index (χ2v) is 8.08. The van der Waals surface area contributed by atoms with Crippen LogP contribution in [-0.2, 0) is 26.0 Å². The molecule has 0 aliphatic heterocycles. The molecule has 0 N–H and O–H groups in total. The molecular formula is C18H20BrNO5S. The van der Waals surface area contributed by atoms with Gasteiger partial charge in [-0.25, -0.2) is 8.42 Å². The Kier molecular flexibility index (Phi) is 6.66. The van der Waals surface area contributed by atoms with E-state index < -0.39 is 22.5 Å². The lowest BCUT2D eigenvalue weighted by Gasteiger charge is -2.25. The fourth-order valence-corrected chi connectivity index (χ4v) is 4.64. The van der Waals surface area contributed by atoms with Gasteiger partial charge in [-0.15, -0.1) is 0 Å². The number of halogens is 1. The number of hydrogen-bond donors (Lipinski definition) is 0. The van der Waals surface area contributed by atoms with Gasteiger partial charge in [0.2, 0.25) is 0 Å². The summed E-state index contributed by atoms with van der Waals surface area (Å²) < 4.78 is 37.9. The molecule has 0 saturated carbocycles. The van der Waals surface area contributed by atoms with E-state index in [9.17, 15) is 13.2 Å². The highest BCUT2D eigenvalue weighted by Crippen LogP contribution is 2.32. The maximum Gasteiger partial charge on any atom is 0.326 e. The lowest BCUT2D eigenvalue weighted by molar-refractivity contribution is -0.138. The van der Waals surface area contributed by atoms with Gasteiger partial charge in [-0.3, -0.25) is 9.10 Å². The van der Waals surface area contributed by atoms with E-state index in [0.717, 1.165) is 9.87 Å². The van der Waals surface area contributed by atoms with E-state index in [1.165, 1.54) is 26.4 Å². The van der Waals surface area contributed by atoms with E-state index >= 15 is 0 Å². The second kappa shape index (κ2) is 8.55. The Morgan fingerprint density at radius 1 is 1.15 bits per heavy atom. The standard InChI is InChI=1S/C18H20BrNO5S/c1-4-13-7-5-6-8-16(13)20(12-18(21)25-3)26(22,23)14-9-10-17(24-2)15(19)11-14/h5-11H,4,12H2,1-3H3. The first-order valence-corrected chi connectivity index (χ1v) is 10.1. The van der Waals surface area contributed by atoms with Crippen LogP contribution in [0.2, 0.25) is 0 Å². The van der Waals surface area contributed by atoms with Crippen molar-refractivity contribution in [1.29, 1.82) is 0 Å². The largest absolute Gasteiger partial charge is 0.496 e. The molecule has 140 valence electrons. The number of esters is 1. The summed E-state index contributed by atoms with van der Waals surface area (Å²) in [5.41, 5.74) is 1.26. The number of benzene rings is 2. The molecule has 0 aliphatic rings. The molecule has 0 bridgehead atoms. The number of ether oxygens (including phenoxy) is 2. The molecule has 0 heterocycles. The molecule has 2 aromatic rings. The fourth-order valence-electron chi connectivity index (χ4n) is 2.47. The van der Waals surface area contributed by atoms with Gasteiger partial charge in [-0.1, -0.05) is 25.1 Å². The van der Waals surface area contributed by atoms with Gasteiger partial charge in [-0.05, 0) is 52.2 Å². The van der Waals surface area contributed by atoms with Gasteiger partial charge in [0.05, 0.1) is 29.3 Å². The first-order chi connectivity index (χ1) is 12.3. The normalized spacial score (nSPS) is 11.1. The highest BCUT2D eigenvalue weighted by atomic mass is 79.9. The van der Waals surface area contributed by atoms with E-state index in [0.29, 0.717) is 22.3 Å². The monoisotopic (exact) mass is 441 g/mol. The minimum absolute atomic E-state index is 0.0417. The van der Waals surface area contributed by atoms with Gasteiger partial charge < -0.3 is 9.47 Å². The molecule has 2 rings (SSSR count). The Morgan fingerprint density at radius 2 is 1.85 bits per heavy atom. The van der Waals surface area contributed by atoms with Crippen LogP contribution >= 0.6 is 15.9 Å². The minimum Gasteiger partial charge on any atom is -0.496 e. The number of carbonyl (C=O) groups excluding carboxylic acids is 1. The Morgan fingerprint density at radius 3 is 2.42 bits per heavy atom. The first-order valence-electron chi connectivity index (χ1n) is 7.86. The van der Waals surface area contributed by atoms with Gasteiger partial charge >= 0.3 is 5.97 Å². The molecule has 0 fully saturated rings. The summed E-state index contributed by atoms with van der Waals surface area (Å²) in [4.78, 5) is 11.9. The van der Waals surface area contributed by atoms with Gasteiger partial charge in [-0.2, -0.15) is 0 Å². The zero-order valence-corrected chi connectivity index (χ0v) is 17.1. The van der Waals surface area contributed by atoms with Crippen molar-refractivity contribution in [2.24, 2.45) is 0 Å². The SMILES string of the molecule is CCc1ccccc1N(CC(=O)OC)S(=O)(=O)c1ccc(OC)c(Br)c1. The molecule has 0 aliphatic carbocycles. The topological polar surface area (TPSA) is 72.9 Å². The summed E-state index contributed by atoms with van der Waals surface area (Å²) in [5, 5.41) is 0. The van der Waals surface area contributed by atoms with E-state index in [1.54, 1.807) is 18.2 Å². The zero-order valence-electron chi connectivity index (χ0n) is 14.7. The van der Waals surface area contributed by atoms with Crippen molar-refractivity contribution < 1.29 is 22.7 Å². The Bertz CT molecular complexity index is 898. The molecule has 0 spiro atoms. The minimum atomic E-state index is -3.99. The third kappa shape index (κ3) is 4.19. The summed E-state index contributed by atoms with van der Waals surface area (Å²) in [6, 6.07) is 11.5. The number of carbonyl (C=O) groups is 1. The van der Waals surface area contributed by atoms with Crippen LogP contribution in [0.1, 0.15) is 12.5 Å². The van der Waals surface area contributed by atoms with E-state index in [4.69, 9.17) is 9.47 Å². The first kappa shape index (κ1) is 20.3. The number of sulfonamides is 1. The molecule has 0 aromatic heterocycles. The van der Waals surface area contributed by atoms with Crippen LogP contribution in [0.4, 0.5) is 5.69 Å². The molecule has 8 heteroatoms. The maximum atomic E-state index is 13.3. The molecule has 2 aromatic carbocycles. The predicted molar refractivity (Wildman–Crippen MR) is 103 cm³/mol. The lowest BCUT2D eigenvalue weighted by atomic mass is 10.1. The van der Waals surface area contributed by atoms with Crippen molar-refractivity contribution in [3.63, 3.8) is 0 Å². The van der Waals surface area contributed by atoms with Crippen LogP contribution < -0.4 is 9.04 Å². The Hall–Kier alpha value is -2.06. The van der Waals surface area contributed by atoms with E-state index in [1.807, 2.05) is 19.1 Å². The number of hydrogen-bond acceptors (Lipinski definition) is 5. The molecule has 0 atom stereocenters. The van der Waals surface area contributed by atoms with Crippen molar-refractivity contribution in [2.75, 3.05) is 25.1 Å². The number of anilines is 1. The van der Waals surface area contributed by atoms with Gasteiger partial charge in [0.25, 0.3) is 10.0 Å². The zero-order chi connectivity index (χ0) is 19.3. The molecule has 26 heavy (non-hydrogen) atoms. The van der Waals surface area contributed by atoms with Crippen molar-refractivity contribution in [3.8, 4) is 5.75 Å². The van der Waals surface area contributed by atoms with Gasteiger partial charge in [0.15, 0.2) is 0 Å². The summed E-state index contributed by atoms with van der Waals surface area (Å²) in [5.74, 6) is -0.135. The third-order valence-electron chi connectivity index (χ3n) is 3.85. The maximum absolute atomic E-state index is 13.3. The molecule has 6 nitrogen and oxygen atoms in total. The molecular weight excluding hydrogens is 422 g/mol. The predicted octanol–water partition coefficient (Wildman–Crippen LogP) is 3.39. The summed E-state index contributed by atoms with van der Waals surface area (Å²) in [6.45, 7) is 1.51. The molecule has 0 saturated heterocycles. The molecule has 0 unspecified atom stereocenters. The number of para-hydroxylation sites is 1. The van der Waals surface area contributed by atoms with Crippen molar-refractivity contribution in [3.05, 3.63) is 52.5 Å². The average Bonchev–Trinajstić information content (AvgIpc) is 2.65. The lowest BCUT2D eigenvalue weighted by Crippen LogP contribution is -2.37. The van der Waals surface area contributed by atoms with Crippen LogP contribution in [0.3, 0.4) is 0 Å². The summed E-state index contributed by atoms with van der Waals surface area (Å²) in [7, 11) is -1.27. The van der Waals surface area contributed by atoms with Gasteiger partial charge in [0, 0.05) is 0 Å². The third-order valence-corrected chi connectivity index (χ3v) is 6.23. The number of rotatable bonds is 7. The van der Waals surface area contributed by atoms with Crippen LogP contribution in [0.25, 0.3) is 0 Å². The van der Waals surface area contributed by atoms with Gasteiger partial charge in [0.1, 0.15) is 12.3 Å². The van der Waals surface area contributed by atoms with Crippen LogP contribution in [-0.4, -0.2) is 35.2 Å². The van der Waals surface area contributed by atoms with Crippen molar-refractivity contribution in [1.82, 2.24) is 0 Å². The number of aryl methyl sites for hydroxylation is 1. The molecule has 0 amide bonds.